The highest BCUT2D eigenvalue weighted by atomic mass is 32.2. The molecule has 110 valence electrons. The number of hydrogen-bond acceptors (Lipinski definition) is 4. The standard InChI is InChI=1S/C13H19N3O3S/c14-11-4-2-10(3-5-11)13(6-7-13)12(17)16-8-1-9-20(15,18)19/h2-5H,1,6-9,14H2,(H,16,17)(H2,15,18,19). The molecule has 1 saturated carbocycles. The Kier molecular flexibility index (Phi) is 4.01. The molecule has 0 saturated heterocycles. The van der Waals surface area contributed by atoms with Gasteiger partial charge >= 0.3 is 0 Å². The van der Waals surface area contributed by atoms with Gasteiger partial charge in [-0.15, -0.1) is 0 Å². The van der Waals surface area contributed by atoms with Crippen LogP contribution >= 0.6 is 0 Å². The number of nitrogens with one attached hydrogen (secondary N) is 1. The molecule has 0 bridgehead atoms. The van der Waals surface area contributed by atoms with E-state index in [2.05, 4.69) is 5.32 Å². The van der Waals surface area contributed by atoms with E-state index in [-0.39, 0.29) is 11.7 Å². The Labute approximate surface area is 118 Å². The molecule has 1 aliphatic carbocycles. The molecule has 0 unspecified atom stereocenters. The van der Waals surface area contributed by atoms with E-state index in [0.29, 0.717) is 18.7 Å². The van der Waals surface area contributed by atoms with Gasteiger partial charge in [0.05, 0.1) is 11.2 Å². The van der Waals surface area contributed by atoms with E-state index >= 15 is 0 Å². The number of nitrogens with two attached hydrogens (primary N) is 2. The predicted molar refractivity (Wildman–Crippen MR) is 77.4 cm³/mol. The Morgan fingerprint density at radius 1 is 1.25 bits per heavy atom. The van der Waals surface area contributed by atoms with Crippen LogP contribution in [0.25, 0.3) is 0 Å². The highest BCUT2D eigenvalue weighted by Crippen LogP contribution is 2.48. The van der Waals surface area contributed by atoms with Gasteiger partial charge in [-0.3, -0.25) is 4.79 Å². The van der Waals surface area contributed by atoms with E-state index in [1.807, 2.05) is 12.1 Å². The van der Waals surface area contributed by atoms with Crippen LogP contribution in [0.1, 0.15) is 24.8 Å². The fourth-order valence-electron chi connectivity index (χ4n) is 2.22. The molecule has 1 aromatic rings. The van der Waals surface area contributed by atoms with E-state index in [1.54, 1.807) is 12.1 Å². The number of rotatable bonds is 6. The van der Waals surface area contributed by atoms with E-state index in [9.17, 15) is 13.2 Å². The van der Waals surface area contributed by atoms with Crippen molar-refractivity contribution >= 4 is 21.6 Å². The highest BCUT2D eigenvalue weighted by Gasteiger charge is 2.50. The summed E-state index contributed by atoms with van der Waals surface area (Å²) >= 11 is 0. The lowest BCUT2D eigenvalue weighted by Gasteiger charge is -2.15. The monoisotopic (exact) mass is 297 g/mol. The van der Waals surface area contributed by atoms with Crippen LogP contribution in [0.5, 0.6) is 0 Å². The largest absolute Gasteiger partial charge is 0.399 e. The van der Waals surface area contributed by atoms with Crippen LogP contribution in [0.3, 0.4) is 0 Å². The van der Waals surface area contributed by atoms with E-state index in [0.717, 1.165) is 18.4 Å². The lowest BCUT2D eigenvalue weighted by molar-refractivity contribution is -0.123. The molecule has 20 heavy (non-hydrogen) atoms. The molecule has 2 rings (SSSR count). The third kappa shape index (κ3) is 3.49. The molecule has 0 aliphatic heterocycles. The molecule has 1 aromatic carbocycles. The smallest absolute Gasteiger partial charge is 0.230 e. The molecule has 1 amide bonds. The molecular weight excluding hydrogens is 278 g/mol. The van der Waals surface area contributed by atoms with Crippen LogP contribution < -0.4 is 16.2 Å². The Balaban J connectivity index is 1.90. The molecule has 0 aromatic heterocycles. The second kappa shape index (κ2) is 5.41. The van der Waals surface area contributed by atoms with Crippen LogP contribution in [-0.2, 0) is 20.2 Å². The molecule has 0 atom stereocenters. The Hall–Kier alpha value is -1.60. The first kappa shape index (κ1) is 14.8. The summed E-state index contributed by atoms with van der Waals surface area (Å²) in [7, 11) is -3.46. The summed E-state index contributed by atoms with van der Waals surface area (Å²) in [6.07, 6.45) is 1.93. The first-order chi connectivity index (χ1) is 9.33. The summed E-state index contributed by atoms with van der Waals surface area (Å²) in [5.74, 6) is -0.181. The Morgan fingerprint density at radius 2 is 1.85 bits per heavy atom. The van der Waals surface area contributed by atoms with Gasteiger partial charge in [0.25, 0.3) is 0 Å². The highest BCUT2D eigenvalue weighted by molar-refractivity contribution is 7.89. The van der Waals surface area contributed by atoms with Crippen LogP contribution in [0.15, 0.2) is 24.3 Å². The van der Waals surface area contributed by atoms with E-state index < -0.39 is 15.4 Å². The van der Waals surface area contributed by atoms with Gasteiger partial charge in [-0.25, -0.2) is 13.6 Å². The van der Waals surface area contributed by atoms with E-state index in [1.165, 1.54) is 0 Å². The zero-order chi connectivity index (χ0) is 14.8. The van der Waals surface area contributed by atoms with Gasteiger partial charge in [-0.1, -0.05) is 12.1 Å². The van der Waals surface area contributed by atoms with Crippen molar-refractivity contribution in [1.82, 2.24) is 5.32 Å². The van der Waals surface area contributed by atoms with Crippen molar-refractivity contribution in [3.63, 3.8) is 0 Å². The van der Waals surface area contributed by atoms with Crippen LogP contribution in [0.4, 0.5) is 5.69 Å². The van der Waals surface area contributed by atoms with Gasteiger partial charge in [0.15, 0.2) is 0 Å². The van der Waals surface area contributed by atoms with Crippen molar-refractivity contribution in [2.24, 2.45) is 5.14 Å². The minimum atomic E-state index is -3.46. The maximum atomic E-state index is 12.2. The van der Waals surface area contributed by atoms with Crippen molar-refractivity contribution in [3.8, 4) is 0 Å². The number of nitrogen functional groups attached to an aromatic ring is 1. The zero-order valence-corrected chi connectivity index (χ0v) is 11.9. The summed E-state index contributed by atoms with van der Waals surface area (Å²) < 4.78 is 21.6. The lowest BCUT2D eigenvalue weighted by atomic mass is 9.95. The number of benzene rings is 1. The Bertz CT molecular complexity index is 592. The van der Waals surface area contributed by atoms with E-state index in [4.69, 9.17) is 10.9 Å². The average Bonchev–Trinajstić information content (AvgIpc) is 3.15. The minimum absolute atomic E-state index is 0.0586. The van der Waals surface area contributed by atoms with Crippen molar-refractivity contribution in [1.29, 1.82) is 0 Å². The van der Waals surface area contributed by atoms with Gasteiger partial charge in [0.2, 0.25) is 15.9 Å². The number of carbonyl (C=O) groups is 1. The number of carbonyl (C=O) groups excluding carboxylic acids is 1. The molecule has 1 aliphatic rings. The maximum Gasteiger partial charge on any atom is 0.230 e. The van der Waals surface area contributed by atoms with Crippen molar-refractivity contribution in [3.05, 3.63) is 29.8 Å². The van der Waals surface area contributed by atoms with Gasteiger partial charge in [-0.05, 0) is 37.0 Å². The molecule has 0 radical (unpaired) electrons. The topological polar surface area (TPSA) is 115 Å². The predicted octanol–water partition coefficient (Wildman–Crippen LogP) is 0.0952. The SMILES string of the molecule is Nc1ccc(C2(C(=O)NCCCS(N)(=O)=O)CC2)cc1. The first-order valence-corrected chi connectivity index (χ1v) is 8.20. The minimum Gasteiger partial charge on any atom is -0.399 e. The second-order valence-corrected chi connectivity index (χ2v) is 6.91. The van der Waals surface area contributed by atoms with Crippen molar-refractivity contribution in [2.75, 3.05) is 18.0 Å². The third-order valence-corrected chi connectivity index (χ3v) is 4.40. The summed E-state index contributed by atoms with van der Waals surface area (Å²) in [6, 6.07) is 7.30. The average molecular weight is 297 g/mol. The number of primary sulfonamides is 1. The second-order valence-electron chi connectivity index (χ2n) is 5.18. The number of hydrogen-bond donors (Lipinski definition) is 3. The van der Waals surface area contributed by atoms with Crippen LogP contribution in [-0.4, -0.2) is 26.6 Å². The molecule has 5 N–H and O–H groups in total. The Morgan fingerprint density at radius 3 is 2.35 bits per heavy atom. The molecular formula is C13H19N3O3S. The fourth-order valence-corrected chi connectivity index (χ4v) is 2.77. The molecule has 6 nitrogen and oxygen atoms in total. The zero-order valence-electron chi connectivity index (χ0n) is 11.1. The van der Waals surface area contributed by atoms with Crippen molar-refractivity contribution < 1.29 is 13.2 Å². The summed E-state index contributed by atoms with van der Waals surface area (Å²) in [6.45, 7) is 0.311. The maximum absolute atomic E-state index is 12.2. The molecule has 7 heteroatoms. The number of amides is 1. The fraction of sp³-hybridized carbons (Fsp3) is 0.462. The molecule has 1 fully saturated rings. The third-order valence-electron chi connectivity index (χ3n) is 3.54. The van der Waals surface area contributed by atoms with Gasteiger partial charge in [0.1, 0.15) is 0 Å². The first-order valence-electron chi connectivity index (χ1n) is 6.48. The molecule has 0 spiro atoms. The quantitative estimate of drug-likeness (QED) is 0.510. The van der Waals surface area contributed by atoms with Gasteiger partial charge in [-0.2, -0.15) is 0 Å². The van der Waals surface area contributed by atoms with Gasteiger partial charge < -0.3 is 11.1 Å². The summed E-state index contributed by atoms with van der Waals surface area (Å²) in [5, 5.41) is 7.68. The van der Waals surface area contributed by atoms with Crippen LogP contribution in [0, 0.1) is 0 Å². The normalized spacial score (nSPS) is 16.6. The lowest BCUT2D eigenvalue weighted by Crippen LogP contribution is -2.36. The van der Waals surface area contributed by atoms with Crippen LogP contribution in [0.2, 0.25) is 0 Å². The molecule has 0 heterocycles. The van der Waals surface area contributed by atoms with Gasteiger partial charge in [0, 0.05) is 12.2 Å². The van der Waals surface area contributed by atoms with Crippen molar-refractivity contribution in [2.45, 2.75) is 24.7 Å². The summed E-state index contributed by atoms with van der Waals surface area (Å²) in [4.78, 5) is 12.2. The number of sulfonamides is 1. The number of anilines is 1. The summed E-state index contributed by atoms with van der Waals surface area (Å²) in [5.41, 5.74) is 6.79.